The minimum Gasteiger partial charge on any atom is -0.249 e. The van der Waals surface area contributed by atoms with Gasteiger partial charge in [-0.05, 0) is 25.7 Å². The highest BCUT2D eigenvalue weighted by atomic mass is 32.1. The molecule has 0 radical (unpaired) electrons. The summed E-state index contributed by atoms with van der Waals surface area (Å²) in [4.78, 5) is 5.89. The molecule has 2 heteroatoms. The van der Waals surface area contributed by atoms with Crippen molar-refractivity contribution in [2.45, 2.75) is 51.9 Å². The van der Waals surface area contributed by atoms with E-state index in [9.17, 15) is 0 Å². The Labute approximate surface area is 90.6 Å². The second-order valence-corrected chi connectivity index (χ2v) is 5.71. The van der Waals surface area contributed by atoms with E-state index < -0.39 is 0 Å². The van der Waals surface area contributed by atoms with Crippen molar-refractivity contribution in [1.82, 2.24) is 4.98 Å². The lowest BCUT2D eigenvalue weighted by Gasteiger charge is -2.26. The lowest BCUT2D eigenvalue weighted by molar-refractivity contribution is 0.314. The highest BCUT2D eigenvalue weighted by molar-refractivity contribution is 7.11. The average molecular weight is 209 g/mol. The Hall–Kier alpha value is -0.370. The van der Waals surface area contributed by atoms with E-state index >= 15 is 0 Å². The van der Waals surface area contributed by atoms with Gasteiger partial charge in [0.25, 0.3) is 0 Å². The van der Waals surface area contributed by atoms with Gasteiger partial charge in [0, 0.05) is 17.0 Å². The van der Waals surface area contributed by atoms with Crippen LogP contribution < -0.4 is 0 Å². The molecule has 14 heavy (non-hydrogen) atoms. The van der Waals surface area contributed by atoms with Gasteiger partial charge in [-0.15, -0.1) is 11.3 Å². The Morgan fingerprint density at radius 1 is 1.50 bits per heavy atom. The lowest BCUT2D eigenvalue weighted by atomic mass is 9.80. The molecule has 0 spiro atoms. The van der Waals surface area contributed by atoms with Crippen LogP contribution in [-0.4, -0.2) is 4.98 Å². The first-order chi connectivity index (χ1) is 6.79. The van der Waals surface area contributed by atoms with Crippen LogP contribution in [0, 0.1) is 12.8 Å². The number of aromatic nitrogens is 1. The van der Waals surface area contributed by atoms with Crippen molar-refractivity contribution in [2.75, 3.05) is 0 Å². The Kier molecular flexibility index (Phi) is 3.22. The zero-order valence-corrected chi connectivity index (χ0v) is 9.94. The second kappa shape index (κ2) is 4.43. The summed E-state index contributed by atoms with van der Waals surface area (Å²) in [7, 11) is 0. The summed E-state index contributed by atoms with van der Waals surface area (Å²) in [6.45, 7) is 4.47. The van der Waals surface area contributed by atoms with Gasteiger partial charge < -0.3 is 0 Å². The van der Waals surface area contributed by atoms with Gasteiger partial charge in [-0.25, -0.2) is 4.98 Å². The number of rotatable bonds is 2. The molecule has 1 aromatic rings. The largest absolute Gasteiger partial charge is 0.249 e. The topological polar surface area (TPSA) is 12.9 Å². The molecule has 1 fully saturated rings. The molecule has 78 valence electrons. The first-order valence-electron chi connectivity index (χ1n) is 5.72. The van der Waals surface area contributed by atoms with Crippen molar-refractivity contribution in [3.8, 4) is 0 Å². The van der Waals surface area contributed by atoms with Crippen LogP contribution in [0.4, 0.5) is 0 Å². The SMILES string of the molecule is CCC1CCCC(c2ncc(C)s2)C1. The van der Waals surface area contributed by atoms with E-state index in [4.69, 9.17) is 0 Å². The van der Waals surface area contributed by atoms with Crippen molar-refractivity contribution in [3.63, 3.8) is 0 Å². The van der Waals surface area contributed by atoms with E-state index in [1.54, 1.807) is 0 Å². The average Bonchev–Trinajstić information content (AvgIpc) is 2.65. The summed E-state index contributed by atoms with van der Waals surface area (Å²) in [5.74, 6) is 1.73. The lowest BCUT2D eigenvalue weighted by Crippen LogP contribution is -2.13. The Morgan fingerprint density at radius 3 is 3.00 bits per heavy atom. The molecule has 1 saturated carbocycles. The molecule has 2 rings (SSSR count). The first-order valence-corrected chi connectivity index (χ1v) is 6.53. The fourth-order valence-electron chi connectivity index (χ4n) is 2.45. The second-order valence-electron chi connectivity index (χ2n) is 4.45. The molecule has 1 heterocycles. The van der Waals surface area contributed by atoms with Crippen molar-refractivity contribution >= 4 is 11.3 Å². The van der Waals surface area contributed by atoms with Crippen LogP contribution in [0.25, 0.3) is 0 Å². The van der Waals surface area contributed by atoms with Crippen LogP contribution in [0.15, 0.2) is 6.20 Å². The fourth-order valence-corrected chi connectivity index (χ4v) is 3.37. The Morgan fingerprint density at radius 2 is 2.36 bits per heavy atom. The summed E-state index contributed by atoms with van der Waals surface area (Å²) < 4.78 is 0. The third-order valence-electron chi connectivity index (χ3n) is 3.35. The predicted octanol–water partition coefficient (Wildman–Crippen LogP) is 4.14. The van der Waals surface area contributed by atoms with E-state index in [0.717, 1.165) is 11.8 Å². The monoisotopic (exact) mass is 209 g/mol. The summed E-state index contributed by atoms with van der Waals surface area (Å²) in [5.41, 5.74) is 0. The maximum atomic E-state index is 4.53. The molecule has 0 bridgehead atoms. The van der Waals surface area contributed by atoms with E-state index in [-0.39, 0.29) is 0 Å². The van der Waals surface area contributed by atoms with Gasteiger partial charge in [0.15, 0.2) is 0 Å². The van der Waals surface area contributed by atoms with Gasteiger partial charge in [-0.2, -0.15) is 0 Å². The highest BCUT2D eigenvalue weighted by Gasteiger charge is 2.23. The molecule has 0 N–H and O–H groups in total. The zero-order valence-electron chi connectivity index (χ0n) is 9.12. The van der Waals surface area contributed by atoms with E-state index in [2.05, 4.69) is 18.8 Å². The quantitative estimate of drug-likeness (QED) is 0.713. The van der Waals surface area contributed by atoms with Gasteiger partial charge in [-0.1, -0.05) is 26.2 Å². The number of thiazole rings is 1. The molecule has 0 aromatic carbocycles. The van der Waals surface area contributed by atoms with E-state index in [0.29, 0.717) is 0 Å². The first kappa shape index (κ1) is 10.2. The summed E-state index contributed by atoms with van der Waals surface area (Å²) in [6, 6.07) is 0. The van der Waals surface area contributed by atoms with Gasteiger partial charge in [0.2, 0.25) is 0 Å². The fraction of sp³-hybridized carbons (Fsp3) is 0.750. The molecule has 0 amide bonds. The molecule has 2 atom stereocenters. The summed E-state index contributed by atoms with van der Waals surface area (Å²) in [5, 5.41) is 1.39. The van der Waals surface area contributed by atoms with Crippen LogP contribution >= 0.6 is 11.3 Å². The number of hydrogen-bond donors (Lipinski definition) is 0. The molecule has 0 aliphatic heterocycles. The molecule has 1 aliphatic rings. The molecular weight excluding hydrogens is 190 g/mol. The molecule has 1 nitrogen and oxygen atoms in total. The Bertz CT molecular complexity index is 292. The van der Waals surface area contributed by atoms with Crippen LogP contribution in [0.5, 0.6) is 0 Å². The van der Waals surface area contributed by atoms with Gasteiger partial charge in [-0.3, -0.25) is 0 Å². The van der Waals surface area contributed by atoms with Crippen molar-refractivity contribution < 1.29 is 0 Å². The normalized spacial score (nSPS) is 27.9. The molecule has 2 unspecified atom stereocenters. The Balaban J connectivity index is 2.04. The van der Waals surface area contributed by atoms with Crippen molar-refractivity contribution in [2.24, 2.45) is 5.92 Å². The molecular formula is C12H19NS. The van der Waals surface area contributed by atoms with E-state index in [1.807, 2.05) is 17.5 Å². The summed E-state index contributed by atoms with van der Waals surface area (Å²) in [6.07, 6.45) is 8.96. The third-order valence-corrected chi connectivity index (χ3v) is 4.42. The minimum atomic E-state index is 0.771. The van der Waals surface area contributed by atoms with Gasteiger partial charge in [0.05, 0.1) is 5.01 Å². The van der Waals surface area contributed by atoms with Crippen LogP contribution in [0.2, 0.25) is 0 Å². The predicted molar refractivity (Wildman–Crippen MR) is 61.8 cm³/mol. The third kappa shape index (κ3) is 2.17. The van der Waals surface area contributed by atoms with Crippen molar-refractivity contribution in [3.05, 3.63) is 16.1 Å². The van der Waals surface area contributed by atoms with Gasteiger partial charge >= 0.3 is 0 Å². The standard InChI is InChI=1S/C12H19NS/c1-3-10-5-4-6-11(7-10)12-13-8-9(2)14-12/h8,10-11H,3-7H2,1-2H3. The maximum absolute atomic E-state index is 4.53. The molecule has 0 saturated heterocycles. The van der Waals surface area contributed by atoms with E-state index in [1.165, 1.54) is 42.0 Å². The number of hydrogen-bond acceptors (Lipinski definition) is 2. The summed E-state index contributed by atoms with van der Waals surface area (Å²) >= 11 is 1.90. The minimum absolute atomic E-state index is 0.771. The van der Waals surface area contributed by atoms with Crippen molar-refractivity contribution in [1.29, 1.82) is 0 Å². The van der Waals surface area contributed by atoms with Crippen LogP contribution in [-0.2, 0) is 0 Å². The smallest absolute Gasteiger partial charge is 0.0958 e. The molecule has 1 aromatic heterocycles. The number of aryl methyl sites for hydroxylation is 1. The number of nitrogens with zero attached hydrogens (tertiary/aromatic N) is 1. The van der Waals surface area contributed by atoms with Crippen LogP contribution in [0.3, 0.4) is 0 Å². The maximum Gasteiger partial charge on any atom is 0.0958 e. The highest BCUT2D eigenvalue weighted by Crippen LogP contribution is 2.38. The zero-order chi connectivity index (χ0) is 9.97. The molecule has 1 aliphatic carbocycles. The van der Waals surface area contributed by atoms with Gasteiger partial charge in [0.1, 0.15) is 0 Å². The van der Waals surface area contributed by atoms with Crippen LogP contribution in [0.1, 0.15) is 54.8 Å².